The zero-order chi connectivity index (χ0) is 13.2. The Morgan fingerprint density at radius 3 is 2.95 bits per heavy atom. The molecule has 8 heteroatoms. The Balaban J connectivity index is 1.95. The van der Waals surface area contributed by atoms with E-state index in [-0.39, 0.29) is 12.7 Å². The normalized spacial score (nSPS) is 12.2. The summed E-state index contributed by atoms with van der Waals surface area (Å²) in [6.07, 6.45) is 1.44. The first-order chi connectivity index (χ1) is 9.22. The highest BCUT2D eigenvalue weighted by Crippen LogP contribution is 2.35. The van der Waals surface area contributed by atoms with Crippen molar-refractivity contribution in [2.24, 2.45) is 0 Å². The molecule has 0 fully saturated rings. The smallest absolute Gasteiger partial charge is 0.285 e. The molecule has 2 aromatic rings. The number of fused-ring (bicyclic) bond motifs is 1. The van der Waals surface area contributed by atoms with Crippen LogP contribution in [0.3, 0.4) is 0 Å². The van der Waals surface area contributed by atoms with Gasteiger partial charge in [0.05, 0.1) is 5.69 Å². The van der Waals surface area contributed by atoms with Crippen molar-refractivity contribution in [2.75, 3.05) is 12.2 Å². The van der Waals surface area contributed by atoms with Gasteiger partial charge in [-0.15, -0.1) is 0 Å². The maximum atomic E-state index is 10.3. The SMILES string of the molecule is O=[N+]([O-])Nc1nccc(-c2ccc3c(c2)OCO3)n1. The van der Waals surface area contributed by atoms with Gasteiger partial charge in [0.15, 0.2) is 16.5 Å². The topological polar surface area (TPSA) is 99.4 Å². The Bertz CT molecular complexity index is 646. The molecule has 0 amide bonds. The van der Waals surface area contributed by atoms with E-state index in [2.05, 4.69) is 9.97 Å². The highest BCUT2D eigenvalue weighted by Gasteiger charge is 2.14. The molecule has 0 saturated carbocycles. The molecule has 8 nitrogen and oxygen atoms in total. The van der Waals surface area contributed by atoms with Crippen molar-refractivity contribution < 1.29 is 14.5 Å². The minimum absolute atomic E-state index is 0.0693. The first-order valence-electron chi connectivity index (χ1n) is 5.36. The van der Waals surface area contributed by atoms with Crippen LogP contribution < -0.4 is 14.9 Å². The lowest BCUT2D eigenvalue weighted by Crippen LogP contribution is -2.10. The summed E-state index contributed by atoms with van der Waals surface area (Å²) in [5, 5.41) is 9.64. The summed E-state index contributed by atoms with van der Waals surface area (Å²) < 4.78 is 10.5. The molecule has 1 aromatic carbocycles. The molecule has 0 bridgehead atoms. The molecule has 96 valence electrons. The van der Waals surface area contributed by atoms with E-state index in [0.29, 0.717) is 17.2 Å². The lowest BCUT2D eigenvalue weighted by Gasteiger charge is -2.03. The Morgan fingerprint density at radius 2 is 2.11 bits per heavy atom. The highest BCUT2D eigenvalue weighted by molar-refractivity contribution is 5.64. The fraction of sp³-hybridized carbons (Fsp3) is 0.0909. The number of hydrogen-bond donors (Lipinski definition) is 1. The van der Waals surface area contributed by atoms with Gasteiger partial charge in [0, 0.05) is 11.8 Å². The molecular formula is C11H8N4O4. The van der Waals surface area contributed by atoms with E-state index >= 15 is 0 Å². The molecule has 19 heavy (non-hydrogen) atoms. The summed E-state index contributed by atoms with van der Waals surface area (Å²) in [5.74, 6) is 1.22. The van der Waals surface area contributed by atoms with Gasteiger partial charge < -0.3 is 9.47 Å². The van der Waals surface area contributed by atoms with Crippen LogP contribution in [0.15, 0.2) is 30.5 Å². The summed E-state index contributed by atoms with van der Waals surface area (Å²) in [7, 11) is 0. The van der Waals surface area contributed by atoms with E-state index in [1.54, 1.807) is 24.3 Å². The second-order valence-corrected chi connectivity index (χ2v) is 3.70. The average molecular weight is 260 g/mol. The van der Waals surface area contributed by atoms with Crippen molar-refractivity contribution in [1.82, 2.24) is 9.97 Å². The summed E-state index contributed by atoms with van der Waals surface area (Å²) >= 11 is 0. The van der Waals surface area contributed by atoms with Gasteiger partial charge in [-0.3, -0.25) is 0 Å². The number of nitrogens with one attached hydrogen (secondary N) is 1. The minimum Gasteiger partial charge on any atom is -0.454 e. The average Bonchev–Trinajstić information content (AvgIpc) is 2.85. The van der Waals surface area contributed by atoms with Crippen LogP contribution in [0.1, 0.15) is 0 Å². The molecule has 0 unspecified atom stereocenters. The Morgan fingerprint density at radius 1 is 1.26 bits per heavy atom. The molecule has 0 spiro atoms. The zero-order valence-electron chi connectivity index (χ0n) is 9.57. The van der Waals surface area contributed by atoms with E-state index < -0.39 is 5.03 Å². The number of rotatable bonds is 3. The van der Waals surface area contributed by atoms with Crippen molar-refractivity contribution >= 4 is 5.95 Å². The lowest BCUT2D eigenvalue weighted by molar-refractivity contribution is -0.446. The van der Waals surface area contributed by atoms with Crippen LogP contribution in [-0.4, -0.2) is 21.8 Å². The molecule has 0 aliphatic carbocycles. The molecule has 1 aliphatic heterocycles. The van der Waals surface area contributed by atoms with Crippen molar-refractivity contribution in [3.8, 4) is 22.8 Å². The molecule has 1 N–H and O–H groups in total. The number of hydrazine groups is 1. The Kier molecular flexibility index (Phi) is 2.60. The Hall–Kier alpha value is -2.90. The molecule has 1 aromatic heterocycles. The predicted molar refractivity (Wildman–Crippen MR) is 64.2 cm³/mol. The van der Waals surface area contributed by atoms with Crippen LogP contribution in [0.5, 0.6) is 11.5 Å². The van der Waals surface area contributed by atoms with E-state index in [4.69, 9.17) is 9.47 Å². The van der Waals surface area contributed by atoms with Crippen LogP contribution in [0.25, 0.3) is 11.3 Å². The fourth-order valence-electron chi connectivity index (χ4n) is 1.71. The number of nitro groups is 1. The number of ether oxygens (including phenoxy) is 2. The number of hydrogen-bond acceptors (Lipinski definition) is 6. The van der Waals surface area contributed by atoms with E-state index in [1.807, 2.05) is 5.43 Å². The third kappa shape index (κ3) is 2.23. The molecule has 0 saturated heterocycles. The van der Waals surface area contributed by atoms with E-state index in [9.17, 15) is 10.1 Å². The molecular weight excluding hydrogens is 252 g/mol. The molecule has 0 radical (unpaired) electrons. The monoisotopic (exact) mass is 260 g/mol. The van der Waals surface area contributed by atoms with Gasteiger partial charge in [0.1, 0.15) is 0 Å². The van der Waals surface area contributed by atoms with Crippen LogP contribution in [0, 0.1) is 10.1 Å². The summed E-state index contributed by atoms with van der Waals surface area (Å²) in [6.45, 7) is 0.191. The maximum absolute atomic E-state index is 10.3. The van der Waals surface area contributed by atoms with Gasteiger partial charge in [-0.1, -0.05) is 5.43 Å². The Labute approximate surface area is 107 Å². The van der Waals surface area contributed by atoms with Gasteiger partial charge >= 0.3 is 0 Å². The first-order valence-corrected chi connectivity index (χ1v) is 5.36. The van der Waals surface area contributed by atoms with E-state index in [1.165, 1.54) is 6.20 Å². The predicted octanol–water partition coefficient (Wildman–Crippen LogP) is 1.48. The van der Waals surface area contributed by atoms with Gasteiger partial charge in [-0.25, -0.2) is 20.1 Å². The highest BCUT2D eigenvalue weighted by atomic mass is 16.7. The van der Waals surface area contributed by atoms with Crippen molar-refractivity contribution in [2.45, 2.75) is 0 Å². The minimum atomic E-state index is -0.710. The maximum Gasteiger partial charge on any atom is 0.285 e. The quantitative estimate of drug-likeness (QED) is 0.658. The van der Waals surface area contributed by atoms with Crippen LogP contribution >= 0.6 is 0 Å². The third-order valence-electron chi connectivity index (χ3n) is 2.52. The molecule has 3 rings (SSSR count). The fourth-order valence-corrected chi connectivity index (χ4v) is 1.71. The van der Waals surface area contributed by atoms with Crippen molar-refractivity contribution in [3.63, 3.8) is 0 Å². The number of nitrogens with zero attached hydrogens (tertiary/aromatic N) is 3. The largest absolute Gasteiger partial charge is 0.454 e. The third-order valence-corrected chi connectivity index (χ3v) is 2.52. The molecule has 0 atom stereocenters. The number of aromatic nitrogens is 2. The zero-order valence-corrected chi connectivity index (χ0v) is 9.57. The van der Waals surface area contributed by atoms with Crippen molar-refractivity contribution in [3.05, 3.63) is 40.6 Å². The second-order valence-electron chi connectivity index (χ2n) is 3.70. The molecule has 1 aliphatic rings. The van der Waals surface area contributed by atoms with Gasteiger partial charge in [-0.05, 0) is 24.3 Å². The lowest BCUT2D eigenvalue weighted by atomic mass is 10.1. The van der Waals surface area contributed by atoms with Crippen LogP contribution in [-0.2, 0) is 0 Å². The summed E-state index contributed by atoms with van der Waals surface area (Å²) in [6, 6.07) is 6.98. The van der Waals surface area contributed by atoms with E-state index in [0.717, 1.165) is 5.56 Å². The number of anilines is 1. The number of benzene rings is 1. The van der Waals surface area contributed by atoms with Gasteiger partial charge in [-0.2, -0.15) is 0 Å². The standard InChI is InChI=1S/C11H8N4O4/c16-15(17)14-11-12-4-3-8(13-11)7-1-2-9-10(5-7)19-6-18-9/h1-5H,6H2,(H,12,13,14). The van der Waals surface area contributed by atoms with Gasteiger partial charge in [0.25, 0.3) is 5.95 Å². The molecule has 2 heterocycles. The van der Waals surface area contributed by atoms with Crippen LogP contribution in [0.4, 0.5) is 5.95 Å². The second kappa shape index (κ2) is 4.41. The summed E-state index contributed by atoms with van der Waals surface area (Å²) in [5.41, 5.74) is 3.23. The van der Waals surface area contributed by atoms with Crippen molar-refractivity contribution in [1.29, 1.82) is 0 Å². The van der Waals surface area contributed by atoms with Crippen LogP contribution in [0.2, 0.25) is 0 Å². The summed E-state index contributed by atoms with van der Waals surface area (Å²) in [4.78, 5) is 18.2. The first kappa shape index (κ1) is 11.2. The van der Waals surface area contributed by atoms with Gasteiger partial charge in [0.2, 0.25) is 6.79 Å².